The maximum Gasteiger partial charge on any atom is 0.265 e. The van der Waals surface area contributed by atoms with Gasteiger partial charge in [0.1, 0.15) is 10.6 Å². The Morgan fingerprint density at radius 1 is 1.17 bits per heavy atom. The van der Waals surface area contributed by atoms with Crippen molar-refractivity contribution in [3.8, 4) is 17.1 Å². The molecule has 0 aliphatic rings. The van der Waals surface area contributed by atoms with Gasteiger partial charge in [-0.15, -0.1) is 0 Å². The highest BCUT2D eigenvalue weighted by molar-refractivity contribution is 7.92. The van der Waals surface area contributed by atoms with Crippen molar-refractivity contribution < 1.29 is 17.7 Å². The molecule has 0 radical (unpaired) electrons. The van der Waals surface area contributed by atoms with E-state index >= 15 is 0 Å². The van der Waals surface area contributed by atoms with Gasteiger partial charge in [0.15, 0.2) is 5.76 Å². The van der Waals surface area contributed by atoms with Crippen LogP contribution in [0.5, 0.6) is 5.75 Å². The lowest BCUT2D eigenvalue weighted by molar-refractivity contribution is 0.402. The molecule has 3 rings (SSSR count). The molecule has 0 aliphatic heterocycles. The molecular weight excluding hydrogens is 352 g/mol. The van der Waals surface area contributed by atoms with E-state index in [2.05, 4.69) is 9.88 Å². The number of halogens is 1. The molecule has 0 amide bonds. The summed E-state index contributed by atoms with van der Waals surface area (Å²) in [5.41, 5.74) is 1.02. The summed E-state index contributed by atoms with van der Waals surface area (Å²) in [4.78, 5) is 0.00763. The van der Waals surface area contributed by atoms with Crippen LogP contribution in [0.3, 0.4) is 0 Å². The topological polar surface area (TPSA) is 81.4 Å². The van der Waals surface area contributed by atoms with Crippen molar-refractivity contribution in [1.29, 1.82) is 0 Å². The molecule has 0 fully saturated rings. The number of ether oxygens (including phenoxy) is 1. The molecule has 2 aromatic carbocycles. The maximum absolute atomic E-state index is 12.6. The minimum atomic E-state index is -3.84. The van der Waals surface area contributed by atoms with Crippen molar-refractivity contribution in [2.75, 3.05) is 11.8 Å². The fourth-order valence-corrected chi connectivity index (χ4v) is 3.56. The van der Waals surface area contributed by atoms with E-state index in [0.29, 0.717) is 22.0 Å². The highest BCUT2D eigenvalue weighted by Gasteiger charge is 2.21. The quantitative estimate of drug-likeness (QED) is 0.744. The first-order valence-electron chi connectivity index (χ1n) is 6.87. The Bertz CT molecular complexity index is 956. The highest BCUT2D eigenvalue weighted by atomic mass is 35.5. The van der Waals surface area contributed by atoms with E-state index in [1.54, 1.807) is 36.4 Å². The molecule has 0 saturated carbocycles. The molecule has 0 saturated heterocycles. The van der Waals surface area contributed by atoms with E-state index in [0.717, 1.165) is 0 Å². The summed E-state index contributed by atoms with van der Waals surface area (Å²) >= 11 is 5.88. The number of methoxy groups -OCH3 is 1. The molecule has 0 aliphatic carbocycles. The number of sulfonamides is 1. The van der Waals surface area contributed by atoms with E-state index in [9.17, 15) is 8.42 Å². The van der Waals surface area contributed by atoms with Crippen LogP contribution in [0.4, 0.5) is 5.69 Å². The van der Waals surface area contributed by atoms with E-state index in [4.69, 9.17) is 20.9 Å². The second-order valence-electron chi connectivity index (χ2n) is 4.86. The van der Waals surface area contributed by atoms with Gasteiger partial charge in [-0.2, -0.15) is 0 Å². The number of nitrogens with one attached hydrogen (secondary N) is 1. The Kier molecular flexibility index (Phi) is 4.46. The lowest BCUT2D eigenvalue weighted by atomic mass is 10.1. The smallest absolute Gasteiger partial charge is 0.265 e. The number of hydrogen-bond donors (Lipinski definition) is 1. The molecule has 1 heterocycles. The van der Waals surface area contributed by atoms with Crippen LogP contribution in [0.25, 0.3) is 11.3 Å². The first-order valence-corrected chi connectivity index (χ1v) is 8.73. The average molecular weight is 365 g/mol. The molecule has 1 aromatic heterocycles. The number of nitrogens with zero attached hydrogens (tertiary/aromatic N) is 1. The normalized spacial score (nSPS) is 11.2. The molecule has 0 bridgehead atoms. The standard InChI is InChI=1S/C16H13ClN2O4S/c1-22-15-9-11(14-7-8-18-23-14)5-6-16(15)24(20,21)19-13-4-2-3-12(17)10-13/h2-10,19H,1H3. The summed E-state index contributed by atoms with van der Waals surface area (Å²) in [6.07, 6.45) is 1.51. The summed E-state index contributed by atoms with van der Waals surface area (Å²) in [6, 6.07) is 12.8. The molecule has 124 valence electrons. The van der Waals surface area contributed by atoms with Crippen LogP contribution < -0.4 is 9.46 Å². The molecule has 6 nitrogen and oxygen atoms in total. The highest BCUT2D eigenvalue weighted by Crippen LogP contribution is 2.31. The van der Waals surface area contributed by atoms with Crippen LogP contribution in [-0.4, -0.2) is 20.7 Å². The van der Waals surface area contributed by atoms with E-state index in [1.807, 2.05) is 0 Å². The average Bonchev–Trinajstić information content (AvgIpc) is 3.08. The van der Waals surface area contributed by atoms with Gasteiger partial charge < -0.3 is 9.26 Å². The van der Waals surface area contributed by atoms with Crippen LogP contribution in [0.2, 0.25) is 5.02 Å². The van der Waals surface area contributed by atoms with Crippen molar-refractivity contribution in [2.45, 2.75) is 4.90 Å². The van der Waals surface area contributed by atoms with Gasteiger partial charge in [0.25, 0.3) is 10.0 Å². The van der Waals surface area contributed by atoms with Crippen molar-refractivity contribution in [2.24, 2.45) is 0 Å². The Morgan fingerprint density at radius 3 is 2.67 bits per heavy atom. The molecule has 3 aromatic rings. The SMILES string of the molecule is COc1cc(-c2ccno2)ccc1S(=O)(=O)Nc1cccc(Cl)c1. The largest absolute Gasteiger partial charge is 0.495 e. The number of hydrogen-bond acceptors (Lipinski definition) is 5. The number of aromatic nitrogens is 1. The first-order chi connectivity index (χ1) is 11.5. The van der Waals surface area contributed by atoms with Crippen molar-refractivity contribution in [3.05, 3.63) is 59.8 Å². The van der Waals surface area contributed by atoms with E-state index < -0.39 is 10.0 Å². The minimum Gasteiger partial charge on any atom is -0.495 e. The minimum absolute atomic E-state index is 0.00763. The predicted octanol–water partition coefficient (Wildman–Crippen LogP) is 3.80. The van der Waals surface area contributed by atoms with Crippen LogP contribution in [-0.2, 0) is 10.0 Å². The zero-order chi connectivity index (χ0) is 17.2. The van der Waals surface area contributed by atoms with Crippen LogP contribution in [0.15, 0.2) is 64.1 Å². The van der Waals surface area contributed by atoms with Crippen LogP contribution in [0.1, 0.15) is 0 Å². The van der Waals surface area contributed by atoms with Gasteiger partial charge in [-0.1, -0.05) is 22.8 Å². The van der Waals surface area contributed by atoms with Gasteiger partial charge in [0, 0.05) is 16.7 Å². The molecule has 0 spiro atoms. The summed E-state index contributed by atoms with van der Waals surface area (Å²) < 4.78 is 38.0. The number of rotatable bonds is 5. The lowest BCUT2D eigenvalue weighted by Crippen LogP contribution is -2.14. The van der Waals surface area contributed by atoms with Crippen molar-refractivity contribution in [3.63, 3.8) is 0 Å². The van der Waals surface area contributed by atoms with Crippen LogP contribution >= 0.6 is 11.6 Å². The fraction of sp³-hybridized carbons (Fsp3) is 0.0625. The molecule has 1 N–H and O–H groups in total. The lowest BCUT2D eigenvalue weighted by Gasteiger charge is -2.12. The van der Waals surface area contributed by atoms with Gasteiger partial charge in [-0.05, 0) is 36.4 Å². The van der Waals surface area contributed by atoms with Crippen molar-refractivity contribution >= 4 is 27.3 Å². The van der Waals surface area contributed by atoms with E-state index in [-0.39, 0.29) is 10.6 Å². The fourth-order valence-electron chi connectivity index (χ4n) is 2.17. The maximum atomic E-state index is 12.6. The zero-order valence-electron chi connectivity index (χ0n) is 12.6. The summed E-state index contributed by atoms with van der Waals surface area (Å²) in [5, 5.41) is 4.06. The summed E-state index contributed by atoms with van der Waals surface area (Å²) in [5.74, 6) is 0.707. The van der Waals surface area contributed by atoms with Gasteiger partial charge in [-0.25, -0.2) is 8.42 Å². The van der Waals surface area contributed by atoms with E-state index in [1.165, 1.54) is 25.4 Å². The third-order valence-corrected chi connectivity index (χ3v) is 4.91. The van der Waals surface area contributed by atoms with Gasteiger partial charge in [-0.3, -0.25) is 4.72 Å². The second-order valence-corrected chi connectivity index (χ2v) is 6.95. The molecule has 8 heteroatoms. The summed E-state index contributed by atoms with van der Waals surface area (Å²) in [6.45, 7) is 0. The monoisotopic (exact) mass is 364 g/mol. The Balaban J connectivity index is 1.98. The van der Waals surface area contributed by atoms with Gasteiger partial charge >= 0.3 is 0 Å². The third kappa shape index (κ3) is 3.37. The molecule has 0 atom stereocenters. The van der Waals surface area contributed by atoms with Gasteiger partial charge in [0.2, 0.25) is 0 Å². The Hall–Kier alpha value is -2.51. The molecule has 0 unspecified atom stereocenters. The van der Waals surface area contributed by atoms with Crippen LogP contribution in [0, 0.1) is 0 Å². The Labute approximate surface area is 144 Å². The third-order valence-electron chi connectivity index (χ3n) is 3.25. The number of anilines is 1. The molecule has 24 heavy (non-hydrogen) atoms. The predicted molar refractivity (Wildman–Crippen MR) is 90.8 cm³/mol. The number of benzene rings is 2. The van der Waals surface area contributed by atoms with Crippen molar-refractivity contribution in [1.82, 2.24) is 5.16 Å². The van der Waals surface area contributed by atoms with Gasteiger partial charge in [0.05, 0.1) is 19.0 Å². The Morgan fingerprint density at radius 2 is 2.00 bits per heavy atom. The zero-order valence-corrected chi connectivity index (χ0v) is 14.1. The molecular formula is C16H13ClN2O4S. The summed E-state index contributed by atoms with van der Waals surface area (Å²) in [7, 11) is -2.44. The second kappa shape index (κ2) is 6.54. The first kappa shape index (κ1) is 16.4.